The molecule has 2 aliphatic rings. The van der Waals surface area contributed by atoms with Crippen LogP contribution < -0.4 is 5.32 Å². The van der Waals surface area contributed by atoms with Crippen molar-refractivity contribution in [3.05, 3.63) is 46.6 Å². The number of piperidine rings is 1. The third-order valence-electron chi connectivity index (χ3n) is 5.34. The van der Waals surface area contributed by atoms with E-state index in [1.54, 1.807) is 4.68 Å². The van der Waals surface area contributed by atoms with Gasteiger partial charge < -0.3 is 9.64 Å². The minimum atomic E-state index is -0.0838. The van der Waals surface area contributed by atoms with Crippen LogP contribution in [0.1, 0.15) is 30.5 Å². The normalized spacial score (nSPS) is 18.6. The molecule has 6 nitrogen and oxygen atoms in total. The largest absolute Gasteiger partial charge is 0.375 e. The highest BCUT2D eigenvalue weighted by Crippen LogP contribution is 2.36. The van der Waals surface area contributed by atoms with Crippen LogP contribution in [-0.4, -0.2) is 46.0 Å². The van der Waals surface area contributed by atoms with Crippen LogP contribution in [0.5, 0.6) is 0 Å². The van der Waals surface area contributed by atoms with Gasteiger partial charge in [-0.05, 0) is 37.8 Å². The molecule has 0 radical (unpaired) electrons. The van der Waals surface area contributed by atoms with Gasteiger partial charge in [-0.15, -0.1) is 0 Å². The first-order chi connectivity index (χ1) is 12.5. The molecular weight excluding hydrogens is 352 g/mol. The molecule has 1 spiro atoms. The van der Waals surface area contributed by atoms with Crippen molar-refractivity contribution < 1.29 is 9.53 Å². The van der Waals surface area contributed by atoms with Crippen molar-refractivity contribution in [1.29, 1.82) is 0 Å². The van der Waals surface area contributed by atoms with Gasteiger partial charge in [0.05, 0.1) is 24.4 Å². The van der Waals surface area contributed by atoms with Gasteiger partial charge in [-0.1, -0.05) is 29.8 Å². The number of benzene rings is 1. The van der Waals surface area contributed by atoms with Crippen LogP contribution in [0, 0.1) is 6.92 Å². The minimum Gasteiger partial charge on any atom is -0.375 e. The van der Waals surface area contributed by atoms with Crippen LogP contribution in [-0.2, 0) is 11.3 Å². The van der Waals surface area contributed by atoms with Crippen LogP contribution in [0.4, 0.5) is 10.6 Å². The number of urea groups is 1. The van der Waals surface area contributed by atoms with Crippen molar-refractivity contribution in [3.8, 4) is 0 Å². The number of carbonyl (C=O) groups is 1. The summed E-state index contributed by atoms with van der Waals surface area (Å²) >= 11 is 6.26. The molecule has 4 rings (SSSR count). The summed E-state index contributed by atoms with van der Waals surface area (Å²) in [5.41, 5.74) is 1.86. The Hall–Kier alpha value is -2.05. The molecule has 0 bridgehead atoms. The van der Waals surface area contributed by atoms with Gasteiger partial charge in [0, 0.05) is 24.2 Å². The number of rotatable bonds is 3. The predicted molar refractivity (Wildman–Crippen MR) is 101 cm³/mol. The number of halogens is 1. The zero-order chi connectivity index (χ0) is 18.1. The number of nitrogens with zero attached hydrogens (tertiary/aromatic N) is 3. The Bertz CT molecular complexity index is 806. The molecule has 0 unspecified atom stereocenters. The fourth-order valence-corrected chi connectivity index (χ4v) is 3.84. The summed E-state index contributed by atoms with van der Waals surface area (Å²) in [6.45, 7) is 4.73. The Balaban J connectivity index is 1.43. The van der Waals surface area contributed by atoms with Gasteiger partial charge in [-0.2, -0.15) is 5.10 Å². The maximum atomic E-state index is 12.7. The standard InChI is InChI=1S/C19H23ClN4O2/c1-14-12-17(24(22-14)13-15-4-2-3-5-16(15)20)21-18(25)23-9-6-19(7-10-23)8-11-26-19/h2-5,12H,6-11,13H2,1H3,(H,21,25). The van der Waals surface area contributed by atoms with E-state index in [0.717, 1.165) is 50.2 Å². The molecule has 7 heteroatoms. The maximum Gasteiger partial charge on any atom is 0.323 e. The quantitative estimate of drug-likeness (QED) is 0.891. The molecule has 0 saturated carbocycles. The van der Waals surface area contributed by atoms with Gasteiger partial charge in [0.2, 0.25) is 0 Å². The topological polar surface area (TPSA) is 59.4 Å². The zero-order valence-corrected chi connectivity index (χ0v) is 15.6. The SMILES string of the molecule is Cc1cc(NC(=O)N2CCC3(CCO3)CC2)n(Cc2ccccc2Cl)n1. The zero-order valence-electron chi connectivity index (χ0n) is 14.9. The van der Waals surface area contributed by atoms with Crippen molar-refractivity contribution in [2.75, 3.05) is 25.0 Å². The Morgan fingerprint density at radius 2 is 2.04 bits per heavy atom. The summed E-state index contributed by atoms with van der Waals surface area (Å²) in [5, 5.41) is 8.20. The molecule has 138 valence electrons. The van der Waals surface area contributed by atoms with Crippen molar-refractivity contribution in [3.63, 3.8) is 0 Å². The molecule has 1 aromatic heterocycles. The molecule has 1 N–H and O–H groups in total. The van der Waals surface area contributed by atoms with Crippen LogP contribution in [0.15, 0.2) is 30.3 Å². The molecule has 2 fully saturated rings. The summed E-state index contributed by atoms with van der Waals surface area (Å²) in [5.74, 6) is 0.688. The molecule has 26 heavy (non-hydrogen) atoms. The number of nitrogens with one attached hydrogen (secondary N) is 1. The molecule has 2 amide bonds. The van der Waals surface area contributed by atoms with Crippen LogP contribution in [0.25, 0.3) is 0 Å². The molecule has 3 heterocycles. The van der Waals surface area contributed by atoms with Gasteiger partial charge in [0.25, 0.3) is 0 Å². The third-order valence-corrected chi connectivity index (χ3v) is 5.71. The molecule has 2 aliphatic heterocycles. The number of carbonyl (C=O) groups excluding carboxylic acids is 1. The van der Waals surface area contributed by atoms with Gasteiger partial charge in [-0.25, -0.2) is 9.48 Å². The molecule has 2 aromatic rings. The summed E-state index contributed by atoms with van der Waals surface area (Å²) in [7, 11) is 0. The number of amides is 2. The summed E-state index contributed by atoms with van der Waals surface area (Å²) in [6, 6.07) is 9.47. The number of aromatic nitrogens is 2. The number of likely N-dealkylation sites (tertiary alicyclic amines) is 1. The van der Waals surface area contributed by atoms with Crippen molar-refractivity contribution in [2.24, 2.45) is 0 Å². The highest BCUT2D eigenvalue weighted by molar-refractivity contribution is 6.31. The van der Waals surface area contributed by atoms with E-state index in [9.17, 15) is 4.79 Å². The second-order valence-electron chi connectivity index (χ2n) is 7.12. The highest BCUT2D eigenvalue weighted by Gasteiger charge is 2.42. The first kappa shape index (κ1) is 17.4. The van der Waals surface area contributed by atoms with Gasteiger partial charge >= 0.3 is 6.03 Å². The van der Waals surface area contributed by atoms with Gasteiger partial charge in [0.15, 0.2) is 0 Å². The second kappa shape index (κ2) is 6.93. The predicted octanol–water partition coefficient (Wildman–Crippen LogP) is 3.68. The van der Waals surface area contributed by atoms with Gasteiger partial charge in [0.1, 0.15) is 5.82 Å². The van der Waals surface area contributed by atoms with Gasteiger partial charge in [-0.3, -0.25) is 5.32 Å². The lowest BCUT2D eigenvalue weighted by atomic mass is 9.84. The fourth-order valence-electron chi connectivity index (χ4n) is 3.65. The molecule has 0 atom stereocenters. The fraction of sp³-hybridized carbons (Fsp3) is 0.474. The number of ether oxygens (including phenoxy) is 1. The smallest absolute Gasteiger partial charge is 0.323 e. The lowest BCUT2D eigenvalue weighted by Crippen LogP contribution is -2.54. The van der Waals surface area contributed by atoms with E-state index in [2.05, 4.69) is 10.4 Å². The van der Waals surface area contributed by atoms with Crippen molar-refractivity contribution >= 4 is 23.4 Å². The Morgan fingerprint density at radius 1 is 1.31 bits per heavy atom. The minimum absolute atomic E-state index is 0.0409. The van der Waals surface area contributed by atoms with Crippen LogP contribution in [0.3, 0.4) is 0 Å². The van der Waals surface area contributed by atoms with E-state index in [1.807, 2.05) is 42.2 Å². The Labute approximate surface area is 158 Å². The lowest BCUT2D eigenvalue weighted by molar-refractivity contribution is -0.168. The van der Waals surface area contributed by atoms with Crippen LogP contribution in [0.2, 0.25) is 5.02 Å². The molecule has 2 saturated heterocycles. The monoisotopic (exact) mass is 374 g/mol. The molecule has 1 aromatic carbocycles. The molecule has 0 aliphatic carbocycles. The maximum absolute atomic E-state index is 12.7. The van der Waals surface area contributed by atoms with Crippen molar-refractivity contribution in [2.45, 2.75) is 38.3 Å². The van der Waals surface area contributed by atoms with E-state index in [1.165, 1.54) is 0 Å². The second-order valence-corrected chi connectivity index (χ2v) is 7.53. The average Bonchev–Trinajstić information content (AvgIpc) is 2.94. The summed E-state index contributed by atoms with van der Waals surface area (Å²) in [6.07, 6.45) is 2.95. The number of anilines is 1. The first-order valence-corrected chi connectivity index (χ1v) is 9.40. The van der Waals surface area contributed by atoms with Crippen LogP contribution >= 0.6 is 11.6 Å². The van der Waals surface area contributed by atoms with E-state index in [4.69, 9.17) is 16.3 Å². The Kier molecular flexibility index (Phi) is 4.63. The number of aryl methyl sites for hydroxylation is 1. The summed E-state index contributed by atoms with van der Waals surface area (Å²) in [4.78, 5) is 14.5. The lowest BCUT2D eigenvalue weighted by Gasteiger charge is -2.47. The summed E-state index contributed by atoms with van der Waals surface area (Å²) < 4.78 is 7.51. The Morgan fingerprint density at radius 3 is 2.69 bits per heavy atom. The van der Waals surface area contributed by atoms with E-state index in [-0.39, 0.29) is 11.6 Å². The average molecular weight is 375 g/mol. The van der Waals surface area contributed by atoms with E-state index in [0.29, 0.717) is 17.4 Å². The number of hydrogen-bond acceptors (Lipinski definition) is 3. The van der Waals surface area contributed by atoms with E-state index >= 15 is 0 Å². The molecular formula is C19H23ClN4O2. The van der Waals surface area contributed by atoms with Crippen molar-refractivity contribution in [1.82, 2.24) is 14.7 Å². The highest BCUT2D eigenvalue weighted by atomic mass is 35.5. The third kappa shape index (κ3) is 3.44. The van der Waals surface area contributed by atoms with E-state index < -0.39 is 0 Å². The number of hydrogen-bond donors (Lipinski definition) is 1. The first-order valence-electron chi connectivity index (χ1n) is 9.02.